The quantitative estimate of drug-likeness (QED) is 0.399. The van der Waals surface area contributed by atoms with Gasteiger partial charge < -0.3 is 0 Å². The van der Waals surface area contributed by atoms with Gasteiger partial charge in [-0.25, -0.2) is 0 Å². The van der Waals surface area contributed by atoms with Crippen LogP contribution in [0, 0.1) is 0 Å². The van der Waals surface area contributed by atoms with Gasteiger partial charge in [0.2, 0.25) is 0 Å². The third kappa shape index (κ3) is 2.61. The second-order valence-corrected chi connectivity index (χ2v) is 6.52. The van der Waals surface area contributed by atoms with Crippen molar-refractivity contribution in [1.82, 2.24) is 14.8 Å². The summed E-state index contributed by atoms with van der Waals surface area (Å²) in [5.41, 5.74) is 2.04. The molecule has 3 heteroatoms. The van der Waals surface area contributed by atoms with Gasteiger partial charge in [-0.15, -0.1) is 10.2 Å². The number of aromatic nitrogens is 3. The minimum Gasteiger partial charge on any atom is -0.283 e. The van der Waals surface area contributed by atoms with Crippen molar-refractivity contribution < 1.29 is 0 Å². The molecular formula is C24H17N3. The Morgan fingerprint density at radius 2 is 1.04 bits per heavy atom. The highest BCUT2D eigenvalue weighted by Crippen LogP contribution is 2.29. The fourth-order valence-corrected chi connectivity index (χ4v) is 3.51. The molecule has 0 saturated carbocycles. The van der Waals surface area contributed by atoms with Gasteiger partial charge in [-0.3, -0.25) is 4.57 Å². The predicted octanol–water partition coefficient (Wildman–Crippen LogP) is 6.02. The lowest BCUT2D eigenvalue weighted by Gasteiger charge is -2.07. The average molecular weight is 347 g/mol. The molecule has 128 valence electrons. The van der Waals surface area contributed by atoms with E-state index in [9.17, 15) is 0 Å². The third-order valence-electron chi connectivity index (χ3n) is 4.89. The average Bonchev–Trinajstić information content (AvgIpc) is 3.17. The van der Waals surface area contributed by atoms with E-state index in [2.05, 4.69) is 77.4 Å². The van der Waals surface area contributed by atoms with E-state index in [0.29, 0.717) is 0 Å². The van der Waals surface area contributed by atoms with Crippen LogP contribution in [0.4, 0.5) is 0 Å². The van der Waals surface area contributed by atoms with Crippen molar-refractivity contribution in [2.45, 2.75) is 0 Å². The molecule has 27 heavy (non-hydrogen) atoms. The van der Waals surface area contributed by atoms with Crippen molar-refractivity contribution in [3.05, 3.63) is 91.5 Å². The van der Waals surface area contributed by atoms with Gasteiger partial charge in [0.15, 0.2) is 11.6 Å². The molecule has 0 saturated heterocycles. The van der Waals surface area contributed by atoms with E-state index in [1.54, 1.807) is 6.20 Å². The van der Waals surface area contributed by atoms with Crippen molar-refractivity contribution in [1.29, 1.82) is 0 Å². The first kappa shape index (κ1) is 15.5. The maximum absolute atomic E-state index is 4.46. The molecule has 0 atom stereocenters. The summed E-state index contributed by atoms with van der Waals surface area (Å²) in [5, 5.41) is 13.7. The summed E-state index contributed by atoms with van der Waals surface area (Å²) in [5.74, 6) is 1.58. The molecule has 4 aromatic carbocycles. The second-order valence-electron chi connectivity index (χ2n) is 6.52. The minimum absolute atomic E-state index is 0.791. The SMILES string of the molecule is C=Cn1c(-c2ccc3ccccc3c2)nnc1-c1ccc2ccccc2c1. The second kappa shape index (κ2) is 6.22. The zero-order valence-corrected chi connectivity index (χ0v) is 14.7. The summed E-state index contributed by atoms with van der Waals surface area (Å²) < 4.78 is 1.95. The number of hydrogen-bond acceptors (Lipinski definition) is 2. The molecular weight excluding hydrogens is 330 g/mol. The summed E-state index contributed by atoms with van der Waals surface area (Å²) >= 11 is 0. The molecule has 3 nitrogen and oxygen atoms in total. The van der Waals surface area contributed by atoms with Crippen LogP contribution in [0.2, 0.25) is 0 Å². The normalized spacial score (nSPS) is 11.1. The Morgan fingerprint density at radius 1 is 0.593 bits per heavy atom. The van der Waals surface area contributed by atoms with Crippen LogP contribution >= 0.6 is 0 Å². The first-order valence-electron chi connectivity index (χ1n) is 8.89. The third-order valence-corrected chi connectivity index (χ3v) is 4.89. The van der Waals surface area contributed by atoms with Crippen molar-refractivity contribution in [3.8, 4) is 22.8 Å². The molecule has 5 aromatic rings. The molecule has 0 bridgehead atoms. The highest BCUT2D eigenvalue weighted by Gasteiger charge is 2.14. The van der Waals surface area contributed by atoms with Gasteiger partial charge in [-0.2, -0.15) is 0 Å². The summed E-state index contributed by atoms with van der Waals surface area (Å²) in [6, 6.07) is 29.3. The van der Waals surface area contributed by atoms with Crippen LogP contribution in [0.1, 0.15) is 0 Å². The van der Waals surface area contributed by atoms with E-state index < -0.39 is 0 Å². The molecule has 1 aromatic heterocycles. The van der Waals surface area contributed by atoms with Crippen LogP contribution in [0.15, 0.2) is 91.5 Å². The maximum atomic E-state index is 4.46. The number of fused-ring (bicyclic) bond motifs is 2. The molecule has 0 radical (unpaired) electrons. The fourth-order valence-electron chi connectivity index (χ4n) is 3.51. The van der Waals surface area contributed by atoms with Gasteiger partial charge in [0.05, 0.1) is 0 Å². The summed E-state index contributed by atoms with van der Waals surface area (Å²) in [7, 11) is 0. The van der Waals surface area contributed by atoms with E-state index in [4.69, 9.17) is 0 Å². The Labute approximate surface area is 157 Å². The van der Waals surface area contributed by atoms with Gasteiger partial charge >= 0.3 is 0 Å². The summed E-state index contributed by atoms with van der Waals surface area (Å²) in [6.45, 7) is 3.98. The van der Waals surface area contributed by atoms with Crippen LogP contribution < -0.4 is 0 Å². The maximum Gasteiger partial charge on any atom is 0.168 e. The Morgan fingerprint density at radius 3 is 1.48 bits per heavy atom. The van der Waals surface area contributed by atoms with E-state index >= 15 is 0 Å². The zero-order valence-electron chi connectivity index (χ0n) is 14.7. The van der Waals surface area contributed by atoms with Crippen molar-refractivity contribution >= 4 is 27.7 Å². The van der Waals surface area contributed by atoms with Gasteiger partial charge in [0.1, 0.15) is 0 Å². The Balaban J connectivity index is 1.66. The molecule has 0 aliphatic rings. The monoisotopic (exact) mass is 347 g/mol. The molecule has 0 fully saturated rings. The summed E-state index contributed by atoms with van der Waals surface area (Å²) in [4.78, 5) is 0. The summed E-state index contributed by atoms with van der Waals surface area (Å²) in [6.07, 6.45) is 1.77. The van der Waals surface area contributed by atoms with Crippen molar-refractivity contribution in [2.24, 2.45) is 0 Å². The Hall–Kier alpha value is -3.72. The van der Waals surface area contributed by atoms with Crippen LogP contribution in [0.25, 0.3) is 50.5 Å². The molecule has 1 heterocycles. The molecule has 0 N–H and O–H groups in total. The van der Waals surface area contributed by atoms with Crippen molar-refractivity contribution in [3.63, 3.8) is 0 Å². The number of benzene rings is 4. The predicted molar refractivity (Wildman–Crippen MR) is 112 cm³/mol. The molecule has 0 aliphatic heterocycles. The van der Waals surface area contributed by atoms with E-state index in [-0.39, 0.29) is 0 Å². The molecule has 5 rings (SSSR count). The topological polar surface area (TPSA) is 30.7 Å². The Bertz CT molecular complexity index is 1200. The largest absolute Gasteiger partial charge is 0.283 e. The number of rotatable bonds is 3. The smallest absolute Gasteiger partial charge is 0.168 e. The standard InChI is InChI=1S/C24H17N3/c1-2-27-23(21-13-11-17-7-3-5-9-19(17)15-21)25-26-24(27)22-14-12-18-8-4-6-10-20(18)16-22/h2-16H,1H2. The van der Waals surface area contributed by atoms with Crippen LogP contribution in [0.3, 0.4) is 0 Å². The molecule has 0 unspecified atom stereocenters. The minimum atomic E-state index is 0.791. The molecule has 0 amide bonds. The lowest BCUT2D eigenvalue weighted by atomic mass is 10.1. The molecule has 0 spiro atoms. The highest BCUT2D eigenvalue weighted by molar-refractivity contribution is 5.88. The van der Waals surface area contributed by atoms with Gasteiger partial charge in [-0.1, -0.05) is 79.4 Å². The van der Waals surface area contributed by atoms with E-state index in [0.717, 1.165) is 22.8 Å². The fraction of sp³-hybridized carbons (Fsp3) is 0. The van der Waals surface area contributed by atoms with E-state index in [1.165, 1.54) is 21.5 Å². The van der Waals surface area contributed by atoms with Gasteiger partial charge in [-0.05, 0) is 33.7 Å². The first-order chi connectivity index (χ1) is 13.3. The lowest BCUT2D eigenvalue weighted by Crippen LogP contribution is -1.94. The van der Waals surface area contributed by atoms with Crippen molar-refractivity contribution in [2.75, 3.05) is 0 Å². The van der Waals surface area contributed by atoms with Crippen LogP contribution in [0.5, 0.6) is 0 Å². The van der Waals surface area contributed by atoms with E-state index in [1.807, 2.05) is 28.8 Å². The first-order valence-corrected chi connectivity index (χ1v) is 8.89. The Kier molecular flexibility index (Phi) is 3.58. The zero-order chi connectivity index (χ0) is 18.2. The number of nitrogens with zero attached hydrogens (tertiary/aromatic N) is 3. The van der Waals surface area contributed by atoms with Crippen LogP contribution in [-0.4, -0.2) is 14.8 Å². The number of hydrogen-bond donors (Lipinski definition) is 0. The van der Waals surface area contributed by atoms with Gasteiger partial charge in [0.25, 0.3) is 0 Å². The molecule has 0 aliphatic carbocycles. The van der Waals surface area contributed by atoms with Crippen LogP contribution in [-0.2, 0) is 0 Å². The van der Waals surface area contributed by atoms with Gasteiger partial charge in [0, 0.05) is 17.3 Å². The lowest BCUT2D eigenvalue weighted by molar-refractivity contribution is 1.10. The highest BCUT2D eigenvalue weighted by atomic mass is 15.3.